The second kappa shape index (κ2) is 10.3. The Morgan fingerprint density at radius 1 is 1.09 bits per heavy atom. The molecule has 35 heavy (non-hydrogen) atoms. The van der Waals surface area contributed by atoms with Crippen LogP contribution in [0.2, 0.25) is 0 Å². The van der Waals surface area contributed by atoms with Gasteiger partial charge in [0, 0.05) is 11.5 Å². The van der Waals surface area contributed by atoms with E-state index in [0.29, 0.717) is 18.3 Å². The van der Waals surface area contributed by atoms with Crippen molar-refractivity contribution in [1.82, 2.24) is 20.4 Å². The Morgan fingerprint density at radius 2 is 1.77 bits per heavy atom. The number of aromatic nitrogens is 2. The minimum Gasteiger partial charge on any atom is -0.349 e. The van der Waals surface area contributed by atoms with Gasteiger partial charge < -0.3 is 9.84 Å². The molecule has 0 radical (unpaired) electrons. The minimum atomic E-state index is 0.00843. The Labute approximate surface area is 209 Å². The molecule has 1 aliphatic rings. The number of nitrogens with zero attached hydrogens (tertiary/aromatic N) is 3. The zero-order valence-electron chi connectivity index (χ0n) is 21.9. The van der Waals surface area contributed by atoms with Crippen LogP contribution in [0.4, 0.5) is 0 Å². The molecule has 186 valence electrons. The molecule has 0 saturated carbocycles. The van der Waals surface area contributed by atoms with Crippen LogP contribution in [0.15, 0.2) is 47.0 Å². The summed E-state index contributed by atoms with van der Waals surface area (Å²) >= 11 is 0. The SMILES string of the molecule is Cc1ccc(C(C)NC(=O)C2CCN(Cc3nc(-c4ccc(C(C)(C)C)cc4)no3)CC2)cc1C. The highest BCUT2D eigenvalue weighted by molar-refractivity contribution is 5.79. The number of hydrogen-bond donors (Lipinski definition) is 1. The maximum absolute atomic E-state index is 12.9. The van der Waals surface area contributed by atoms with Gasteiger partial charge in [-0.1, -0.05) is 68.4 Å². The topological polar surface area (TPSA) is 71.3 Å². The molecule has 0 bridgehead atoms. The van der Waals surface area contributed by atoms with Crippen LogP contribution in [0.5, 0.6) is 0 Å². The van der Waals surface area contributed by atoms with Crippen LogP contribution in [0.3, 0.4) is 0 Å². The standard InChI is InChI=1S/C29H38N4O2/c1-19-7-8-24(17-20(19)2)21(3)30-28(34)23-13-15-33(16-14-23)18-26-31-27(32-35-26)22-9-11-25(12-10-22)29(4,5)6/h7-12,17,21,23H,13-16,18H2,1-6H3,(H,30,34). The van der Waals surface area contributed by atoms with E-state index in [1.165, 1.54) is 16.7 Å². The highest BCUT2D eigenvalue weighted by atomic mass is 16.5. The van der Waals surface area contributed by atoms with Crippen LogP contribution in [0.25, 0.3) is 11.4 Å². The molecule has 2 heterocycles. The number of carbonyl (C=O) groups is 1. The number of aryl methyl sites for hydroxylation is 2. The fourth-order valence-corrected chi connectivity index (χ4v) is 4.55. The van der Waals surface area contributed by atoms with Gasteiger partial charge in [-0.3, -0.25) is 9.69 Å². The molecule has 1 aromatic heterocycles. The lowest BCUT2D eigenvalue weighted by atomic mass is 9.87. The van der Waals surface area contributed by atoms with E-state index in [-0.39, 0.29) is 23.3 Å². The van der Waals surface area contributed by atoms with Crippen molar-refractivity contribution < 1.29 is 9.32 Å². The molecule has 1 amide bonds. The van der Waals surface area contributed by atoms with E-state index in [0.717, 1.165) is 37.1 Å². The summed E-state index contributed by atoms with van der Waals surface area (Å²) in [6.07, 6.45) is 1.67. The van der Waals surface area contributed by atoms with Gasteiger partial charge in [0.25, 0.3) is 0 Å². The number of piperidine rings is 1. The monoisotopic (exact) mass is 474 g/mol. The van der Waals surface area contributed by atoms with E-state index in [1.807, 2.05) is 0 Å². The normalized spacial score (nSPS) is 16.3. The fraction of sp³-hybridized carbons (Fsp3) is 0.483. The summed E-state index contributed by atoms with van der Waals surface area (Å²) < 4.78 is 5.53. The summed E-state index contributed by atoms with van der Waals surface area (Å²) in [7, 11) is 0. The molecule has 1 atom stereocenters. The van der Waals surface area contributed by atoms with E-state index >= 15 is 0 Å². The summed E-state index contributed by atoms with van der Waals surface area (Å²) in [6, 6.07) is 14.8. The fourth-order valence-electron chi connectivity index (χ4n) is 4.55. The molecule has 1 saturated heterocycles. The first-order valence-corrected chi connectivity index (χ1v) is 12.6. The molecule has 2 aromatic carbocycles. The summed E-state index contributed by atoms with van der Waals surface area (Å²) in [5.41, 5.74) is 6.02. The quantitative estimate of drug-likeness (QED) is 0.493. The molecule has 1 unspecified atom stereocenters. The van der Waals surface area contributed by atoms with Gasteiger partial charge in [-0.15, -0.1) is 0 Å². The highest BCUT2D eigenvalue weighted by Gasteiger charge is 2.27. The van der Waals surface area contributed by atoms with Crippen molar-refractivity contribution in [2.75, 3.05) is 13.1 Å². The first-order valence-electron chi connectivity index (χ1n) is 12.6. The number of likely N-dealkylation sites (tertiary alicyclic amines) is 1. The molecular formula is C29H38N4O2. The Kier molecular flexibility index (Phi) is 7.41. The van der Waals surface area contributed by atoms with Gasteiger partial charge in [-0.05, 0) is 74.4 Å². The Balaban J connectivity index is 1.27. The zero-order chi connectivity index (χ0) is 25.2. The molecule has 6 heteroatoms. The second-order valence-corrected chi connectivity index (χ2v) is 11.0. The lowest BCUT2D eigenvalue weighted by Gasteiger charge is -2.31. The molecule has 6 nitrogen and oxygen atoms in total. The maximum atomic E-state index is 12.9. The van der Waals surface area contributed by atoms with Crippen molar-refractivity contribution in [3.8, 4) is 11.4 Å². The second-order valence-electron chi connectivity index (χ2n) is 11.0. The van der Waals surface area contributed by atoms with Gasteiger partial charge in [0.1, 0.15) is 0 Å². The largest absolute Gasteiger partial charge is 0.349 e. The number of nitrogens with one attached hydrogen (secondary N) is 1. The van der Waals surface area contributed by atoms with Gasteiger partial charge in [0.05, 0.1) is 12.6 Å². The molecule has 3 aromatic rings. The van der Waals surface area contributed by atoms with Crippen molar-refractivity contribution in [2.24, 2.45) is 5.92 Å². The van der Waals surface area contributed by atoms with Crippen LogP contribution in [-0.4, -0.2) is 34.0 Å². The van der Waals surface area contributed by atoms with Gasteiger partial charge in [0.15, 0.2) is 0 Å². The number of benzene rings is 2. The predicted octanol–water partition coefficient (Wildman–Crippen LogP) is 5.74. The highest BCUT2D eigenvalue weighted by Crippen LogP contribution is 2.26. The number of hydrogen-bond acceptors (Lipinski definition) is 5. The van der Waals surface area contributed by atoms with Crippen LogP contribution in [-0.2, 0) is 16.8 Å². The van der Waals surface area contributed by atoms with E-state index in [4.69, 9.17) is 4.52 Å². The van der Waals surface area contributed by atoms with Crippen molar-refractivity contribution in [2.45, 2.75) is 72.4 Å². The van der Waals surface area contributed by atoms with E-state index in [9.17, 15) is 4.79 Å². The molecule has 1 fully saturated rings. The Morgan fingerprint density at radius 3 is 2.40 bits per heavy atom. The van der Waals surface area contributed by atoms with Crippen LogP contribution < -0.4 is 5.32 Å². The lowest BCUT2D eigenvalue weighted by molar-refractivity contribution is -0.127. The average Bonchev–Trinajstić information content (AvgIpc) is 3.29. The average molecular weight is 475 g/mol. The smallest absolute Gasteiger partial charge is 0.241 e. The zero-order valence-corrected chi connectivity index (χ0v) is 21.9. The van der Waals surface area contributed by atoms with Crippen LogP contribution in [0, 0.1) is 19.8 Å². The van der Waals surface area contributed by atoms with Crippen molar-refractivity contribution in [1.29, 1.82) is 0 Å². The minimum absolute atomic E-state index is 0.00843. The van der Waals surface area contributed by atoms with Gasteiger partial charge >= 0.3 is 0 Å². The van der Waals surface area contributed by atoms with Crippen molar-refractivity contribution >= 4 is 5.91 Å². The maximum Gasteiger partial charge on any atom is 0.241 e. The van der Waals surface area contributed by atoms with E-state index in [1.54, 1.807) is 0 Å². The van der Waals surface area contributed by atoms with Crippen molar-refractivity contribution in [3.05, 3.63) is 70.6 Å². The molecule has 4 rings (SSSR count). The first kappa shape index (κ1) is 25.1. The van der Waals surface area contributed by atoms with E-state index < -0.39 is 0 Å². The molecule has 0 aliphatic carbocycles. The van der Waals surface area contributed by atoms with Gasteiger partial charge in [0.2, 0.25) is 17.6 Å². The Bertz CT molecular complexity index is 1150. The van der Waals surface area contributed by atoms with Crippen molar-refractivity contribution in [3.63, 3.8) is 0 Å². The predicted molar refractivity (Wildman–Crippen MR) is 139 cm³/mol. The molecule has 0 spiro atoms. The third-order valence-corrected chi connectivity index (χ3v) is 7.18. The number of amides is 1. The molecule has 1 N–H and O–H groups in total. The van der Waals surface area contributed by atoms with Crippen LogP contribution in [0.1, 0.15) is 74.7 Å². The summed E-state index contributed by atoms with van der Waals surface area (Å²) in [5.74, 6) is 1.43. The number of rotatable bonds is 6. The van der Waals surface area contributed by atoms with Gasteiger partial charge in [-0.2, -0.15) is 4.98 Å². The van der Waals surface area contributed by atoms with Gasteiger partial charge in [-0.25, -0.2) is 0 Å². The third-order valence-electron chi connectivity index (χ3n) is 7.18. The molecular weight excluding hydrogens is 436 g/mol. The summed E-state index contributed by atoms with van der Waals surface area (Å²) in [4.78, 5) is 19.8. The van der Waals surface area contributed by atoms with Crippen LogP contribution >= 0.6 is 0 Å². The number of carbonyl (C=O) groups excluding carboxylic acids is 1. The van der Waals surface area contributed by atoms with E-state index in [2.05, 4.69) is 104 Å². The lowest BCUT2D eigenvalue weighted by Crippen LogP contribution is -2.41. The summed E-state index contributed by atoms with van der Waals surface area (Å²) in [6.45, 7) is 15.2. The Hall–Kier alpha value is -2.99. The first-order chi connectivity index (χ1) is 16.6. The third kappa shape index (κ3) is 6.17. The summed E-state index contributed by atoms with van der Waals surface area (Å²) in [5, 5.41) is 7.40. The molecule has 1 aliphatic heterocycles.